The van der Waals surface area contributed by atoms with Gasteiger partial charge in [0.15, 0.2) is 0 Å². The molecule has 11 heteroatoms. The second kappa shape index (κ2) is 11.1. The molecule has 41 heavy (non-hydrogen) atoms. The molecule has 1 aliphatic heterocycles. The van der Waals surface area contributed by atoms with E-state index in [1.807, 2.05) is 37.3 Å². The summed E-state index contributed by atoms with van der Waals surface area (Å²) < 4.78 is 5.86. The Kier molecular flexibility index (Phi) is 7.19. The lowest BCUT2D eigenvalue weighted by molar-refractivity contribution is -0.117. The van der Waals surface area contributed by atoms with Gasteiger partial charge in [0, 0.05) is 36.9 Å². The van der Waals surface area contributed by atoms with Gasteiger partial charge < -0.3 is 15.4 Å². The van der Waals surface area contributed by atoms with Crippen molar-refractivity contribution in [2.75, 3.05) is 10.2 Å². The van der Waals surface area contributed by atoms with Gasteiger partial charge in [-0.3, -0.25) is 14.5 Å². The molecule has 208 valence electrons. The number of para-hydroxylation sites is 1. The highest BCUT2D eigenvalue weighted by Crippen LogP contribution is 2.46. The number of nitrogens with zero attached hydrogens (tertiary/aromatic N) is 4. The molecule has 0 radical (unpaired) electrons. The van der Waals surface area contributed by atoms with E-state index >= 15 is 0 Å². The van der Waals surface area contributed by atoms with Crippen molar-refractivity contribution in [1.29, 1.82) is 0 Å². The molecule has 0 bridgehead atoms. The third-order valence-electron chi connectivity index (χ3n) is 7.14. The molecule has 4 heterocycles. The summed E-state index contributed by atoms with van der Waals surface area (Å²) >= 11 is 1.24. The maximum absolute atomic E-state index is 13.5. The second-order valence-electron chi connectivity index (χ2n) is 10.00. The van der Waals surface area contributed by atoms with E-state index in [1.165, 1.54) is 11.3 Å². The maximum atomic E-state index is 13.5. The molecule has 0 spiro atoms. The number of rotatable bonds is 6. The summed E-state index contributed by atoms with van der Waals surface area (Å²) in [5.41, 5.74) is 3.28. The number of hydrogen-bond acceptors (Lipinski definition) is 7. The van der Waals surface area contributed by atoms with Crippen LogP contribution in [-0.4, -0.2) is 39.6 Å². The van der Waals surface area contributed by atoms with E-state index in [0.717, 1.165) is 30.5 Å². The standard InChI is InChI=1S/C30H28N6O4S/c1-3-23(37)33-18-8-7-9-19(15-18)34-28(38)27-26-25-21(12-13-31-29(25)41-27)36(30(39)35-26)22-16-32-24(14-17(22)2)40-20-10-5-4-6-11-20/h4-6,10-14,16,19H,3,7-9,15H2,1-2H3,(H,34,38)(H,35,39)/t19-/m1/s1. The SMILES string of the molecule is CCC(=O)N=C1CCC[C@@H](NC(=O)c2sc3nccc4c3c2NC(=O)N4c2cnc(Oc3ccccc3)cc2C)C1. The first-order chi connectivity index (χ1) is 19.9. The van der Waals surface area contributed by atoms with Crippen LogP contribution in [0.4, 0.5) is 21.9 Å². The molecule has 1 atom stereocenters. The molecule has 6 rings (SSSR count). The minimum atomic E-state index is -0.399. The Morgan fingerprint density at radius 3 is 2.80 bits per heavy atom. The number of pyridine rings is 2. The van der Waals surface area contributed by atoms with Crippen molar-refractivity contribution in [2.45, 2.75) is 52.0 Å². The highest BCUT2D eigenvalue weighted by atomic mass is 32.1. The van der Waals surface area contributed by atoms with Crippen LogP contribution in [0.2, 0.25) is 0 Å². The number of aryl methyl sites for hydroxylation is 1. The number of urea groups is 1. The molecule has 0 saturated heterocycles. The topological polar surface area (TPSA) is 126 Å². The molecular formula is C30H28N6O4S. The zero-order valence-corrected chi connectivity index (χ0v) is 23.5. The molecule has 1 saturated carbocycles. The number of hydrogen-bond donors (Lipinski definition) is 2. The van der Waals surface area contributed by atoms with E-state index in [-0.39, 0.29) is 17.9 Å². The Morgan fingerprint density at radius 2 is 2.02 bits per heavy atom. The van der Waals surface area contributed by atoms with Crippen LogP contribution in [-0.2, 0) is 4.79 Å². The highest BCUT2D eigenvalue weighted by molar-refractivity contribution is 7.21. The van der Waals surface area contributed by atoms with Gasteiger partial charge in [0.05, 0.1) is 28.6 Å². The van der Waals surface area contributed by atoms with Crippen molar-refractivity contribution in [3.05, 3.63) is 65.3 Å². The number of carbonyl (C=O) groups is 3. The fourth-order valence-corrected chi connectivity index (χ4v) is 6.20. The summed E-state index contributed by atoms with van der Waals surface area (Å²) in [5.74, 6) is 0.658. The average Bonchev–Trinajstić information content (AvgIpc) is 3.34. The van der Waals surface area contributed by atoms with Gasteiger partial charge in [0.1, 0.15) is 15.5 Å². The summed E-state index contributed by atoms with van der Waals surface area (Å²) in [7, 11) is 0. The number of carbonyl (C=O) groups excluding carboxylic acids is 3. The smallest absolute Gasteiger partial charge is 0.331 e. The highest BCUT2D eigenvalue weighted by Gasteiger charge is 2.34. The zero-order valence-electron chi connectivity index (χ0n) is 22.6. The lowest BCUT2D eigenvalue weighted by atomic mass is 9.93. The van der Waals surface area contributed by atoms with Crippen LogP contribution in [0.5, 0.6) is 11.6 Å². The lowest BCUT2D eigenvalue weighted by Crippen LogP contribution is -2.39. The zero-order chi connectivity index (χ0) is 28.5. The molecule has 4 aromatic rings. The van der Waals surface area contributed by atoms with Crippen molar-refractivity contribution in [3.63, 3.8) is 0 Å². The molecule has 2 aliphatic rings. The number of aliphatic imine (C=N–C) groups is 1. The Balaban J connectivity index is 1.28. The minimum Gasteiger partial charge on any atom is -0.439 e. The van der Waals surface area contributed by atoms with Gasteiger partial charge in [-0.25, -0.2) is 19.8 Å². The van der Waals surface area contributed by atoms with E-state index < -0.39 is 6.03 Å². The maximum Gasteiger partial charge on any atom is 0.331 e. The predicted molar refractivity (Wildman–Crippen MR) is 159 cm³/mol. The van der Waals surface area contributed by atoms with E-state index in [1.54, 1.807) is 36.4 Å². The lowest BCUT2D eigenvalue weighted by Gasteiger charge is -2.29. The fraction of sp³-hybridized carbons (Fsp3) is 0.267. The van der Waals surface area contributed by atoms with E-state index in [0.29, 0.717) is 56.6 Å². The Morgan fingerprint density at radius 1 is 1.20 bits per heavy atom. The molecule has 2 N–H and O–H groups in total. The van der Waals surface area contributed by atoms with E-state index in [2.05, 4.69) is 25.6 Å². The third-order valence-corrected chi connectivity index (χ3v) is 8.23. The van der Waals surface area contributed by atoms with Crippen LogP contribution in [0, 0.1) is 6.92 Å². The molecule has 3 aromatic heterocycles. The third kappa shape index (κ3) is 5.28. The number of thiophene rings is 1. The molecular weight excluding hydrogens is 540 g/mol. The molecule has 10 nitrogen and oxygen atoms in total. The van der Waals surface area contributed by atoms with Crippen molar-refractivity contribution in [3.8, 4) is 11.6 Å². The molecule has 0 unspecified atom stereocenters. The van der Waals surface area contributed by atoms with Crippen LogP contribution in [0.15, 0.2) is 59.9 Å². The average molecular weight is 569 g/mol. The van der Waals surface area contributed by atoms with Gasteiger partial charge in [-0.1, -0.05) is 25.1 Å². The van der Waals surface area contributed by atoms with Crippen molar-refractivity contribution in [1.82, 2.24) is 15.3 Å². The molecule has 1 aliphatic carbocycles. The van der Waals surface area contributed by atoms with Crippen LogP contribution >= 0.6 is 11.3 Å². The number of benzene rings is 1. The number of amides is 4. The summed E-state index contributed by atoms with van der Waals surface area (Å²) in [5, 5.41) is 6.72. The number of ether oxygens (including phenoxy) is 1. The molecule has 1 fully saturated rings. The Labute approximate surface area is 240 Å². The van der Waals surface area contributed by atoms with Gasteiger partial charge in [-0.2, -0.15) is 0 Å². The first kappa shape index (κ1) is 26.6. The van der Waals surface area contributed by atoms with E-state index in [4.69, 9.17) is 4.74 Å². The van der Waals surface area contributed by atoms with Gasteiger partial charge in [-0.15, -0.1) is 11.3 Å². The van der Waals surface area contributed by atoms with Crippen molar-refractivity contribution >= 4 is 62.2 Å². The quantitative estimate of drug-likeness (QED) is 0.273. The number of anilines is 3. The summed E-state index contributed by atoms with van der Waals surface area (Å²) in [4.78, 5) is 54.5. The Hall–Kier alpha value is -4.64. The first-order valence-electron chi connectivity index (χ1n) is 13.5. The van der Waals surface area contributed by atoms with Crippen molar-refractivity contribution < 1.29 is 19.1 Å². The largest absolute Gasteiger partial charge is 0.439 e. The van der Waals surface area contributed by atoms with Crippen molar-refractivity contribution in [2.24, 2.45) is 4.99 Å². The summed E-state index contributed by atoms with van der Waals surface area (Å²) in [6.45, 7) is 3.67. The van der Waals surface area contributed by atoms with E-state index in [9.17, 15) is 14.4 Å². The van der Waals surface area contributed by atoms with Gasteiger partial charge in [0.25, 0.3) is 5.91 Å². The monoisotopic (exact) mass is 568 g/mol. The Bertz CT molecular complexity index is 1700. The molecule has 1 aromatic carbocycles. The predicted octanol–water partition coefficient (Wildman–Crippen LogP) is 6.53. The summed E-state index contributed by atoms with van der Waals surface area (Å²) in [6.07, 6.45) is 6.55. The van der Waals surface area contributed by atoms with Crippen LogP contribution in [0.1, 0.15) is 54.3 Å². The van der Waals surface area contributed by atoms with Gasteiger partial charge in [-0.05, 0) is 49.9 Å². The first-order valence-corrected chi connectivity index (χ1v) is 14.3. The van der Waals surface area contributed by atoms with Crippen LogP contribution < -0.4 is 20.3 Å². The van der Waals surface area contributed by atoms with Gasteiger partial charge >= 0.3 is 6.03 Å². The second-order valence-corrected chi connectivity index (χ2v) is 11.0. The number of nitrogens with one attached hydrogen (secondary N) is 2. The summed E-state index contributed by atoms with van der Waals surface area (Å²) in [6, 6.07) is 12.4. The number of aromatic nitrogens is 2. The van der Waals surface area contributed by atoms with Crippen LogP contribution in [0.3, 0.4) is 0 Å². The fourth-order valence-electron chi connectivity index (χ4n) is 5.18. The molecule has 4 amide bonds. The minimum absolute atomic E-state index is 0.134. The van der Waals surface area contributed by atoms with Crippen LogP contribution in [0.25, 0.3) is 10.2 Å². The van der Waals surface area contributed by atoms with Gasteiger partial charge in [0.2, 0.25) is 11.8 Å². The normalized spacial score (nSPS) is 17.4.